The molecule has 1 atom stereocenters. The minimum absolute atomic E-state index is 0.0189. The lowest BCUT2D eigenvalue weighted by Gasteiger charge is -2.27. The van der Waals surface area contributed by atoms with Crippen molar-refractivity contribution in [3.05, 3.63) is 94.5 Å². The lowest BCUT2D eigenvalue weighted by molar-refractivity contribution is -0.122. The number of benzene rings is 3. The van der Waals surface area contributed by atoms with E-state index in [1.165, 1.54) is 12.1 Å². The minimum atomic E-state index is -4.04. The Kier molecular flexibility index (Phi) is 6.28. The maximum absolute atomic E-state index is 13.6. The minimum Gasteiger partial charge on any atom is -0.274 e. The average molecular weight is 513 g/mol. The molecule has 1 fully saturated rings. The molecule has 3 aromatic rings. The van der Waals surface area contributed by atoms with Crippen LogP contribution in [0.15, 0.2) is 88.2 Å². The molecule has 0 N–H and O–H groups in total. The van der Waals surface area contributed by atoms with Crippen LogP contribution >= 0.6 is 15.9 Å². The number of nitrogens with zero attached hydrogens (tertiary/aromatic N) is 2. The van der Waals surface area contributed by atoms with E-state index in [4.69, 9.17) is 0 Å². The summed E-state index contributed by atoms with van der Waals surface area (Å²) in [6, 6.07) is 21.2. The van der Waals surface area contributed by atoms with Gasteiger partial charge in [-0.15, -0.1) is 0 Å². The summed E-state index contributed by atoms with van der Waals surface area (Å²) in [7, 11) is -4.04. The molecule has 0 saturated carbocycles. The summed E-state index contributed by atoms with van der Waals surface area (Å²) in [5.74, 6) is -0.983. The van der Waals surface area contributed by atoms with Crippen molar-refractivity contribution in [2.75, 3.05) is 4.90 Å². The van der Waals surface area contributed by atoms with Gasteiger partial charge in [0.1, 0.15) is 6.04 Å². The molecule has 3 aromatic carbocycles. The molecule has 1 heterocycles. The van der Waals surface area contributed by atoms with Crippen molar-refractivity contribution < 1.29 is 18.0 Å². The summed E-state index contributed by atoms with van der Waals surface area (Å²) >= 11 is 3.34. The van der Waals surface area contributed by atoms with Gasteiger partial charge in [-0.2, -0.15) is 4.31 Å². The SMILES string of the molecule is Cc1ccc(S(=O)(=O)N(Cc2ccccc2)C2CC(=O)N(c3ccc(Br)cc3)C2=O)cc1. The van der Waals surface area contributed by atoms with Crippen LogP contribution in [0.4, 0.5) is 5.69 Å². The van der Waals surface area contributed by atoms with E-state index >= 15 is 0 Å². The van der Waals surface area contributed by atoms with Crippen molar-refractivity contribution in [1.29, 1.82) is 0 Å². The van der Waals surface area contributed by atoms with Gasteiger partial charge in [0.25, 0.3) is 5.91 Å². The van der Waals surface area contributed by atoms with Crippen molar-refractivity contribution in [2.24, 2.45) is 0 Å². The fraction of sp³-hybridized carbons (Fsp3) is 0.167. The Balaban J connectivity index is 1.74. The topological polar surface area (TPSA) is 74.8 Å². The summed E-state index contributed by atoms with van der Waals surface area (Å²) in [5, 5.41) is 0. The Morgan fingerprint density at radius 3 is 2.19 bits per heavy atom. The number of rotatable bonds is 6. The van der Waals surface area contributed by atoms with Crippen LogP contribution in [0.3, 0.4) is 0 Å². The molecule has 164 valence electrons. The first-order chi connectivity index (χ1) is 15.3. The highest BCUT2D eigenvalue weighted by atomic mass is 79.9. The molecule has 1 unspecified atom stereocenters. The van der Waals surface area contributed by atoms with Crippen LogP contribution in [-0.2, 0) is 26.2 Å². The fourth-order valence-corrected chi connectivity index (χ4v) is 5.51. The van der Waals surface area contributed by atoms with Gasteiger partial charge >= 0.3 is 0 Å². The van der Waals surface area contributed by atoms with Crippen LogP contribution in [0.5, 0.6) is 0 Å². The molecule has 1 aliphatic heterocycles. The maximum Gasteiger partial charge on any atom is 0.252 e. The number of imide groups is 1. The average Bonchev–Trinajstić information content (AvgIpc) is 3.07. The third kappa shape index (κ3) is 4.39. The highest BCUT2D eigenvalue weighted by Crippen LogP contribution is 2.31. The number of amides is 2. The predicted octanol–water partition coefficient (Wildman–Crippen LogP) is 4.28. The highest BCUT2D eigenvalue weighted by Gasteiger charge is 2.46. The number of aryl methyl sites for hydroxylation is 1. The Bertz CT molecular complexity index is 1240. The molecule has 0 radical (unpaired) electrons. The Morgan fingerprint density at radius 2 is 1.56 bits per heavy atom. The van der Waals surface area contributed by atoms with Crippen LogP contribution < -0.4 is 4.90 Å². The van der Waals surface area contributed by atoms with Crippen LogP contribution in [-0.4, -0.2) is 30.6 Å². The molecule has 0 bridgehead atoms. The van der Waals surface area contributed by atoms with E-state index in [-0.39, 0.29) is 17.9 Å². The normalized spacial score (nSPS) is 16.7. The van der Waals surface area contributed by atoms with E-state index in [1.54, 1.807) is 48.5 Å². The number of sulfonamides is 1. The summed E-state index contributed by atoms with van der Waals surface area (Å²) in [4.78, 5) is 27.3. The number of hydrogen-bond donors (Lipinski definition) is 0. The molecular formula is C24H21BrN2O4S. The van der Waals surface area contributed by atoms with Crippen molar-refractivity contribution in [3.8, 4) is 0 Å². The van der Waals surface area contributed by atoms with Gasteiger partial charge < -0.3 is 0 Å². The molecule has 2 amide bonds. The predicted molar refractivity (Wildman–Crippen MR) is 125 cm³/mol. The van der Waals surface area contributed by atoms with Gasteiger partial charge in [-0.1, -0.05) is 64.0 Å². The fourth-order valence-electron chi connectivity index (χ4n) is 3.67. The summed E-state index contributed by atoms with van der Waals surface area (Å²) < 4.78 is 29.2. The van der Waals surface area contributed by atoms with Gasteiger partial charge in [0, 0.05) is 11.0 Å². The van der Waals surface area contributed by atoms with Gasteiger partial charge in [0.2, 0.25) is 15.9 Å². The first kappa shape index (κ1) is 22.4. The molecule has 1 aliphatic rings. The van der Waals surface area contributed by atoms with Gasteiger partial charge in [0.15, 0.2) is 0 Å². The van der Waals surface area contributed by atoms with Crippen LogP contribution in [0.2, 0.25) is 0 Å². The van der Waals surface area contributed by atoms with Crippen LogP contribution in [0.25, 0.3) is 0 Å². The van der Waals surface area contributed by atoms with Gasteiger partial charge in [0.05, 0.1) is 17.0 Å². The number of carbonyl (C=O) groups excluding carboxylic acids is 2. The molecule has 6 nitrogen and oxygen atoms in total. The Hall–Kier alpha value is -2.81. The van der Waals surface area contributed by atoms with Gasteiger partial charge in [-0.05, 0) is 48.9 Å². The van der Waals surface area contributed by atoms with Crippen molar-refractivity contribution >= 4 is 43.5 Å². The summed E-state index contributed by atoms with van der Waals surface area (Å²) in [6.45, 7) is 1.85. The van der Waals surface area contributed by atoms with Gasteiger partial charge in [-0.25, -0.2) is 13.3 Å². The molecule has 8 heteroatoms. The van der Waals surface area contributed by atoms with E-state index < -0.39 is 27.9 Å². The van der Waals surface area contributed by atoms with E-state index in [2.05, 4.69) is 15.9 Å². The van der Waals surface area contributed by atoms with E-state index in [9.17, 15) is 18.0 Å². The zero-order valence-electron chi connectivity index (χ0n) is 17.3. The van der Waals surface area contributed by atoms with Crippen molar-refractivity contribution in [1.82, 2.24) is 4.31 Å². The number of anilines is 1. The second-order valence-electron chi connectivity index (χ2n) is 7.61. The van der Waals surface area contributed by atoms with Crippen molar-refractivity contribution in [2.45, 2.75) is 30.8 Å². The molecule has 0 spiro atoms. The molecular weight excluding hydrogens is 492 g/mol. The monoisotopic (exact) mass is 512 g/mol. The van der Waals surface area contributed by atoms with Crippen LogP contribution in [0.1, 0.15) is 17.5 Å². The smallest absolute Gasteiger partial charge is 0.252 e. The Morgan fingerprint density at radius 1 is 0.938 bits per heavy atom. The van der Waals surface area contributed by atoms with Gasteiger partial charge in [-0.3, -0.25) is 9.59 Å². The second kappa shape index (κ2) is 8.97. The molecule has 4 rings (SSSR count). The number of carbonyl (C=O) groups is 2. The third-order valence-electron chi connectivity index (χ3n) is 5.36. The van der Waals surface area contributed by atoms with E-state index in [0.717, 1.165) is 24.8 Å². The lowest BCUT2D eigenvalue weighted by atomic mass is 10.2. The molecule has 0 aromatic heterocycles. The zero-order chi connectivity index (χ0) is 22.9. The second-order valence-corrected chi connectivity index (χ2v) is 10.4. The van der Waals surface area contributed by atoms with Crippen LogP contribution in [0, 0.1) is 6.92 Å². The first-order valence-electron chi connectivity index (χ1n) is 10.0. The number of hydrogen-bond acceptors (Lipinski definition) is 4. The van der Waals surface area contributed by atoms with E-state index in [0.29, 0.717) is 5.69 Å². The summed E-state index contributed by atoms with van der Waals surface area (Å²) in [6.07, 6.45) is -0.215. The number of halogens is 1. The standard InChI is InChI=1S/C24H21BrN2O4S/c1-17-7-13-21(14-8-17)32(30,31)26(16-18-5-3-2-4-6-18)22-15-23(28)27(24(22)29)20-11-9-19(25)10-12-20/h2-14,22H,15-16H2,1H3. The molecule has 1 saturated heterocycles. The zero-order valence-corrected chi connectivity index (χ0v) is 19.7. The largest absolute Gasteiger partial charge is 0.274 e. The summed E-state index contributed by atoms with van der Waals surface area (Å²) in [5.41, 5.74) is 2.07. The molecule has 32 heavy (non-hydrogen) atoms. The maximum atomic E-state index is 13.6. The third-order valence-corrected chi connectivity index (χ3v) is 7.76. The quantitative estimate of drug-likeness (QED) is 0.462. The molecule has 0 aliphatic carbocycles. The highest BCUT2D eigenvalue weighted by molar-refractivity contribution is 9.10. The lowest BCUT2D eigenvalue weighted by Crippen LogP contribution is -2.45. The van der Waals surface area contributed by atoms with Crippen molar-refractivity contribution in [3.63, 3.8) is 0 Å². The Labute approximate surface area is 195 Å². The first-order valence-corrected chi connectivity index (χ1v) is 12.3. The van der Waals surface area contributed by atoms with E-state index in [1.807, 2.05) is 25.1 Å².